The lowest BCUT2D eigenvalue weighted by atomic mass is 9.81. The van der Waals surface area contributed by atoms with Gasteiger partial charge >= 0.3 is 0 Å². The minimum Gasteiger partial charge on any atom is -0.487 e. The van der Waals surface area contributed by atoms with E-state index < -0.39 is 5.60 Å². The van der Waals surface area contributed by atoms with E-state index in [1.165, 1.54) is 12.1 Å². The maximum Gasteiger partial charge on any atom is 0.272 e. The summed E-state index contributed by atoms with van der Waals surface area (Å²) in [5.74, 6) is 0.333. The fraction of sp³-hybridized carbons (Fsp3) is 0.520. The predicted molar refractivity (Wildman–Crippen MR) is 121 cm³/mol. The van der Waals surface area contributed by atoms with Crippen molar-refractivity contribution in [2.24, 2.45) is 0 Å². The molecular weight excluding hydrogens is 409 g/mol. The maximum absolute atomic E-state index is 13.9. The third-order valence-electron chi connectivity index (χ3n) is 6.16. The average molecular weight is 442 g/mol. The van der Waals surface area contributed by atoms with Crippen LogP contribution in [0.15, 0.2) is 36.5 Å². The molecule has 3 heterocycles. The van der Waals surface area contributed by atoms with E-state index in [-0.39, 0.29) is 23.9 Å². The first-order valence-corrected chi connectivity index (χ1v) is 11.5. The van der Waals surface area contributed by atoms with Crippen molar-refractivity contribution >= 4 is 11.6 Å². The lowest BCUT2D eigenvalue weighted by molar-refractivity contribution is -0.0874. The van der Waals surface area contributed by atoms with Crippen molar-refractivity contribution in [3.63, 3.8) is 0 Å². The second-order valence-electron chi connectivity index (χ2n) is 9.00. The molecule has 1 amide bonds. The van der Waals surface area contributed by atoms with E-state index in [9.17, 15) is 9.18 Å². The van der Waals surface area contributed by atoms with E-state index >= 15 is 0 Å². The van der Waals surface area contributed by atoms with Crippen LogP contribution in [0.25, 0.3) is 0 Å². The molecule has 0 radical (unpaired) electrons. The molecule has 7 heteroatoms. The molecule has 2 aliphatic rings. The Balaban J connectivity index is 1.44. The van der Waals surface area contributed by atoms with E-state index in [1.807, 2.05) is 24.8 Å². The first kappa shape index (κ1) is 22.5. The van der Waals surface area contributed by atoms with Crippen LogP contribution in [-0.2, 0) is 4.74 Å². The van der Waals surface area contributed by atoms with Gasteiger partial charge < -0.3 is 19.7 Å². The van der Waals surface area contributed by atoms with Crippen LogP contribution >= 0.6 is 0 Å². The molecule has 0 unspecified atom stereocenters. The molecule has 0 saturated carbocycles. The number of likely N-dealkylation sites (tertiary alicyclic amines) is 1. The number of piperidine rings is 1. The fourth-order valence-electron chi connectivity index (χ4n) is 4.52. The molecule has 0 bridgehead atoms. The highest BCUT2D eigenvalue weighted by molar-refractivity contribution is 5.92. The van der Waals surface area contributed by atoms with Gasteiger partial charge in [-0.05, 0) is 50.6 Å². The second kappa shape index (κ2) is 9.45. The van der Waals surface area contributed by atoms with Crippen LogP contribution in [0.4, 0.5) is 10.1 Å². The number of hydrogen-bond acceptors (Lipinski definition) is 5. The number of carbonyl (C=O) groups is 1. The molecule has 172 valence electrons. The zero-order valence-electron chi connectivity index (χ0n) is 19.1. The van der Waals surface area contributed by atoms with Crippen molar-refractivity contribution in [2.75, 3.05) is 25.0 Å². The lowest BCUT2D eigenvalue weighted by Crippen LogP contribution is -2.52. The Kier molecular flexibility index (Phi) is 6.65. The summed E-state index contributed by atoms with van der Waals surface area (Å²) < 4.78 is 26.4. The molecule has 1 atom stereocenters. The lowest BCUT2D eigenvalue weighted by Gasteiger charge is -2.47. The highest BCUT2D eigenvalue weighted by atomic mass is 19.1. The third-order valence-corrected chi connectivity index (χ3v) is 6.16. The normalized spacial score (nSPS) is 19.5. The minimum absolute atomic E-state index is 0.0220. The van der Waals surface area contributed by atoms with E-state index in [4.69, 9.17) is 9.47 Å². The van der Waals surface area contributed by atoms with Crippen LogP contribution in [0.2, 0.25) is 0 Å². The number of nitrogens with zero attached hydrogens (tertiary/aromatic N) is 2. The number of aromatic nitrogens is 1. The van der Waals surface area contributed by atoms with Gasteiger partial charge in [0.1, 0.15) is 22.9 Å². The van der Waals surface area contributed by atoms with Gasteiger partial charge in [0.2, 0.25) is 0 Å². The molecule has 32 heavy (non-hydrogen) atoms. The molecule has 4 rings (SSSR count). The first-order chi connectivity index (χ1) is 15.4. The molecule has 6 nitrogen and oxygen atoms in total. The molecule has 1 spiro atoms. The second-order valence-corrected chi connectivity index (χ2v) is 9.00. The number of rotatable bonds is 6. The number of pyridine rings is 1. The minimum atomic E-state index is -0.414. The number of hydrogen-bond donors (Lipinski definition) is 1. The number of anilines is 1. The predicted octanol–water partition coefficient (Wildman–Crippen LogP) is 4.97. The molecule has 1 saturated heterocycles. The fourth-order valence-corrected chi connectivity index (χ4v) is 4.52. The topological polar surface area (TPSA) is 63.7 Å². The Morgan fingerprint density at radius 2 is 2.09 bits per heavy atom. The molecule has 2 aromatic rings. The summed E-state index contributed by atoms with van der Waals surface area (Å²) in [5, 5.41) is 3.27. The van der Waals surface area contributed by atoms with Crippen LogP contribution in [0.5, 0.6) is 5.75 Å². The van der Waals surface area contributed by atoms with Crippen molar-refractivity contribution in [3.8, 4) is 5.75 Å². The van der Waals surface area contributed by atoms with Gasteiger partial charge in [0.15, 0.2) is 0 Å². The Labute approximate surface area is 189 Å². The average Bonchev–Trinajstić information content (AvgIpc) is 2.78. The quantitative estimate of drug-likeness (QED) is 0.686. The Morgan fingerprint density at radius 1 is 1.31 bits per heavy atom. The van der Waals surface area contributed by atoms with Crippen molar-refractivity contribution in [3.05, 3.63) is 53.6 Å². The van der Waals surface area contributed by atoms with Gasteiger partial charge in [0, 0.05) is 44.5 Å². The molecule has 2 aliphatic heterocycles. The number of halogens is 1. The van der Waals surface area contributed by atoms with E-state index in [2.05, 4.69) is 17.2 Å². The van der Waals surface area contributed by atoms with Gasteiger partial charge in [-0.1, -0.05) is 6.92 Å². The number of carbonyl (C=O) groups excluding carboxylic acids is 1. The highest BCUT2D eigenvalue weighted by Gasteiger charge is 2.45. The molecular formula is C25H32FN3O3. The Hall–Kier alpha value is -2.67. The van der Waals surface area contributed by atoms with Crippen LogP contribution in [0.3, 0.4) is 0 Å². The maximum atomic E-state index is 13.9. The Morgan fingerprint density at radius 3 is 2.75 bits per heavy atom. The monoisotopic (exact) mass is 441 g/mol. The van der Waals surface area contributed by atoms with Crippen LogP contribution in [0, 0.1) is 5.82 Å². The van der Waals surface area contributed by atoms with E-state index in [1.54, 1.807) is 18.3 Å². The molecule has 1 fully saturated rings. The summed E-state index contributed by atoms with van der Waals surface area (Å²) >= 11 is 0. The third kappa shape index (κ3) is 4.88. The summed E-state index contributed by atoms with van der Waals surface area (Å²) in [4.78, 5) is 19.2. The Bertz CT molecular complexity index is 940. The summed E-state index contributed by atoms with van der Waals surface area (Å²) in [6.45, 7) is 8.12. The van der Waals surface area contributed by atoms with E-state index in [0.29, 0.717) is 43.8 Å². The van der Waals surface area contributed by atoms with Gasteiger partial charge in [0.05, 0.1) is 24.1 Å². The summed E-state index contributed by atoms with van der Waals surface area (Å²) in [7, 11) is 0. The van der Waals surface area contributed by atoms with Crippen molar-refractivity contribution in [2.45, 2.75) is 64.3 Å². The molecule has 1 aromatic heterocycles. The van der Waals surface area contributed by atoms with Gasteiger partial charge in [-0.3, -0.25) is 4.79 Å². The van der Waals surface area contributed by atoms with Crippen LogP contribution < -0.4 is 10.1 Å². The van der Waals surface area contributed by atoms with Gasteiger partial charge in [-0.15, -0.1) is 0 Å². The van der Waals surface area contributed by atoms with Crippen molar-refractivity contribution in [1.82, 2.24) is 9.88 Å². The SMILES string of the molecule is CCCNc1ccc(C(=O)N2CCC3(CC2)C[C@@H](OC(C)C)c2cc(F)ccc2O3)nc1. The number of benzene rings is 1. The van der Waals surface area contributed by atoms with Crippen LogP contribution in [0.1, 0.15) is 68.6 Å². The smallest absolute Gasteiger partial charge is 0.272 e. The number of ether oxygens (including phenoxy) is 2. The van der Waals surface area contributed by atoms with Crippen molar-refractivity contribution < 1.29 is 18.7 Å². The van der Waals surface area contributed by atoms with Gasteiger partial charge in [0.25, 0.3) is 5.91 Å². The van der Waals surface area contributed by atoms with Crippen LogP contribution in [-0.4, -0.2) is 47.1 Å². The standard InChI is InChI=1S/C25H32FN3O3/c1-4-11-27-19-6-7-21(28-16-19)24(30)29-12-9-25(10-13-29)15-23(31-17(2)3)20-14-18(26)5-8-22(20)32-25/h5-8,14,16-17,23,27H,4,9-13,15H2,1-3H3/t23-/m1/s1. The summed E-state index contributed by atoms with van der Waals surface area (Å²) in [6.07, 6.45) is 4.59. The number of amides is 1. The molecule has 0 aliphatic carbocycles. The highest BCUT2D eigenvalue weighted by Crippen LogP contribution is 2.46. The number of nitrogens with one attached hydrogen (secondary N) is 1. The summed E-state index contributed by atoms with van der Waals surface area (Å²) in [5.41, 5.74) is 1.73. The van der Waals surface area contributed by atoms with Crippen molar-refractivity contribution in [1.29, 1.82) is 0 Å². The van der Waals surface area contributed by atoms with Gasteiger partial charge in [-0.2, -0.15) is 0 Å². The largest absolute Gasteiger partial charge is 0.487 e. The zero-order chi connectivity index (χ0) is 22.7. The first-order valence-electron chi connectivity index (χ1n) is 11.5. The molecule has 1 aromatic carbocycles. The molecule has 1 N–H and O–H groups in total. The van der Waals surface area contributed by atoms with E-state index in [0.717, 1.165) is 24.2 Å². The number of fused-ring (bicyclic) bond motifs is 1. The zero-order valence-corrected chi connectivity index (χ0v) is 19.1. The van der Waals surface area contributed by atoms with Gasteiger partial charge in [-0.25, -0.2) is 9.37 Å². The summed E-state index contributed by atoms with van der Waals surface area (Å²) in [6, 6.07) is 8.30.